The van der Waals surface area contributed by atoms with Gasteiger partial charge < -0.3 is 14.6 Å². The molecule has 2 aromatic rings. The van der Waals surface area contributed by atoms with Gasteiger partial charge in [-0.2, -0.15) is 5.10 Å². The van der Waals surface area contributed by atoms with E-state index >= 15 is 0 Å². The minimum absolute atomic E-state index is 0.0660. The summed E-state index contributed by atoms with van der Waals surface area (Å²) in [4.78, 5) is 15.2. The number of rotatable bonds is 14. The van der Waals surface area contributed by atoms with Gasteiger partial charge in [0.05, 0.1) is 22.4 Å². The number of furan rings is 1. The third kappa shape index (κ3) is 8.11. The standard InChI is InChI=1S/C24H39BrN4O2/c1-6-8-10-14-28(15-11-9-7-2)16-18(3)26-24(30)22-13-12-21(31-22)17-29-20(5)23(25)19(4)27-29/h12-13,18H,6-11,14-17H2,1-5H3,(H,26,30). The smallest absolute Gasteiger partial charge is 0.287 e. The molecule has 0 aliphatic rings. The molecular formula is C24H39BrN4O2. The van der Waals surface area contributed by atoms with Crippen LogP contribution in [0.25, 0.3) is 0 Å². The van der Waals surface area contributed by atoms with Gasteiger partial charge in [0.25, 0.3) is 5.91 Å². The lowest BCUT2D eigenvalue weighted by molar-refractivity contribution is 0.0898. The molecule has 1 unspecified atom stereocenters. The number of nitrogens with one attached hydrogen (secondary N) is 1. The van der Waals surface area contributed by atoms with Gasteiger partial charge in [-0.15, -0.1) is 0 Å². The van der Waals surface area contributed by atoms with Crippen LogP contribution in [-0.4, -0.2) is 46.3 Å². The minimum atomic E-state index is -0.157. The molecule has 0 saturated heterocycles. The number of nitrogens with zero attached hydrogens (tertiary/aromatic N) is 3. The highest BCUT2D eigenvalue weighted by atomic mass is 79.9. The Balaban J connectivity index is 1.89. The number of unbranched alkanes of at least 4 members (excludes halogenated alkanes) is 4. The normalized spacial score (nSPS) is 12.5. The fraction of sp³-hybridized carbons (Fsp3) is 0.667. The summed E-state index contributed by atoms with van der Waals surface area (Å²) in [5.74, 6) is 0.915. The van der Waals surface area contributed by atoms with E-state index in [9.17, 15) is 4.79 Å². The zero-order valence-electron chi connectivity index (χ0n) is 19.8. The number of carbonyl (C=O) groups is 1. The first-order chi connectivity index (χ1) is 14.8. The number of hydrogen-bond donors (Lipinski definition) is 1. The van der Waals surface area contributed by atoms with Crippen molar-refractivity contribution >= 4 is 21.8 Å². The van der Waals surface area contributed by atoms with Crippen molar-refractivity contribution in [3.63, 3.8) is 0 Å². The molecule has 31 heavy (non-hydrogen) atoms. The SMILES string of the molecule is CCCCCN(CCCCC)CC(C)NC(=O)c1ccc(Cn2nc(C)c(Br)c2C)o1. The predicted octanol–water partition coefficient (Wildman–Crippen LogP) is 5.70. The van der Waals surface area contributed by atoms with Gasteiger partial charge in [-0.25, -0.2) is 0 Å². The molecule has 0 fully saturated rings. The van der Waals surface area contributed by atoms with Crippen LogP contribution in [-0.2, 0) is 6.54 Å². The number of halogens is 1. The summed E-state index contributed by atoms with van der Waals surface area (Å²) < 4.78 is 8.71. The maximum absolute atomic E-state index is 12.7. The highest BCUT2D eigenvalue weighted by Gasteiger charge is 2.17. The van der Waals surface area contributed by atoms with Crippen molar-refractivity contribution < 1.29 is 9.21 Å². The fourth-order valence-corrected chi connectivity index (χ4v) is 4.04. The van der Waals surface area contributed by atoms with E-state index in [-0.39, 0.29) is 11.9 Å². The Morgan fingerprint density at radius 1 is 1.16 bits per heavy atom. The van der Waals surface area contributed by atoms with Gasteiger partial charge in [-0.1, -0.05) is 39.5 Å². The first-order valence-corrected chi connectivity index (χ1v) is 12.5. The Bertz CT molecular complexity index is 805. The van der Waals surface area contributed by atoms with E-state index in [0.29, 0.717) is 12.3 Å². The Kier molecular flexibility index (Phi) is 10.8. The summed E-state index contributed by atoms with van der Waals surface area (Å²) in [7, 11) is 0. The molecule has 0 aliphatic carbocycles. The molecule has 0 saturated carbocycles. The second kappa shape index (κ2) is 13.1. The molecule has 1 N–H and O–H groups in total. The van der Waals surface area contributed by atoms with Crippen LogP contribution in [0.4, 0.5) is 0 Å². The molecule has 0 bridgehead atoms. The van der Waals surface area contributed by atoms with Crippen molar-refractivity contribution in [3.8, 4) is 0 Å². The Hall–Kier alpha value is -1.60. The number of hydrogen-bond acceptors (Lipinski definition) is 4. The second-order valence-corrected chi connectivity index (χ2v) is 9.29. The first kappa shape index (κ1) is 25.7. The molecule has 6 nitrogen and oxygen atoms in total. The van der Waals surface area contributed by atoms with E-state index in [1.807, 2.05) is 24.6 Å². The lowest BCUT2D eigenvalue weighted by Crippen LogP contribution is -2.42. The molecule has 0 spiro atoms. The van der Waals surface area contributed by atoms with E-state index < -0.39 is 0 Å². The molecule has 2 rings (SSSR count). The lowest BCUT2D eigenvalue weighted by atomic mass is 10.2. The predicted molar refractivity (Wildman–Crippen MR) is 130 cm³/mol. The number of carbonyl (C=O) groups excluding carboxylic acids is 1. The van der Waals surface area contributed by atoms with Crippen LogP contribution in [0.1, 0.15) is 87.0 Å². The monoisotopic (exact) mass is 494 g/mol. The number of aromatic nitrogens is 2. The maximum Gasteiger partial charge on any atom is 0.287 e. The van der Waals surface area contributed by atoms with Crippen LogP contribution in [0, 0.1) is 13.8 Å². The summed E-state index contributed by atoms with van der Waals surface area (Å²) in [6.07, 6.45) is 7.40. The van der Waals surface area contributed by atoms with Gasteiger partial charge in [-0.05, 0) is 74.8 Å². The van der Waals surface area contributed by atoms with Gasteiger partial charge in [0.1, 0.15) is 5.76 Å². The average molecular weight is 496 g/mol. The van der Waals surface area contributed by atoms with Crippen LogP contribution in [0.5, 0.6) is 0 Å². The highest BCUT2D eigenvalue weighted by molar-refractivity contribution is 9.10. The van der Waals surface area contributed by atoms with Crippen LogP contribution in [0.2, 0.25) is 0 Å². The summed E-state index contributed by atoms with van der Waals surface area (Å²) in [5, 5.41) is 7.61. The molecule has 2 aromatic heterocycles. The molecule has 1 amide bonds. The highest BCUT2D eigenvalue weighted by Crippen LogP contribution is 2.21. The van der Waals surface area contributed by atoms with Crippen molar-refractivity contribution in [2.75, 3.05) is 19.6 Å². The van der Waals surface area contributed by atoms with Crippen LogP contribution in [0.3, 0.4) is 0 Å². The summed E-state index contributed by atoms with van der Waals surface area (Å²) >= 11 is 3.55. The Morgan fingerprint density at radius 2 is 1.81 bits per heavy atom. The summed E-state index contributed by atoms with van der Waals surface area (Å²) in [6, 6.07) is 3.67. The zero-order valence-corrected chi connectivity index (χ0v) is 21.4. The third-order valence-electron chi connectivity index (χ3n) is 5.55. The Labute approximate surface area is 195 Å². The summed E-state index contributed by atoms with van der Waals surface area (Å²) in [5.41, 5.74) is 1.98. The molecule has 0 aromatic carbocycles. The number of aryl methyl sites for hydroxylation is 1. The van der Waals surface area contributed by atoms with Crippen LogP contribution >= 0.6 is 15.9 Å². The first-order valence-electron chi connectivity index (χ1n) is 11.7. The minimum Gasteiger partial charge on any atom is -0.454 e. The van der Waals surface area contributed by atoms with Crippen LogP contribution < -0.4 is 5.32 Å². The fourth-order valence-electron chi connectivity index (χ4n) is 3.75. The molecule has 0 aliphatic heterocycles. The van der Waals surface area contributed by atoms with E-state index in [4.69, 9.17) is 4.42 Å². The topological polar surface area (TPSA) is 63.3 Å². The van der Waals surface area contributed by atoms with Crippen molar-refractivity contribution in [2.45, 2.75) is 85.7 Å². The van der Waals surface area contributed by atoms with E-state index in [0.717, 1.165) is 41.3 Å². The van der Waals surface area contributed by atoms with Gasteiger partial charge in [0, 0.05) is 12.6 Å². The van der Waals surface area contributed by atoms with Crippen LogP contribution in [0.15, 0.2) is 21.0 Å². The van der Waals surface area contributed by atoms with Gasteiger partial charge in [0.15, 0.2) is 5.76 Å². The van der Waals surface area contributed by atoms with E-state index in [1.165, 1.54) is 38.5 Å². The van der Waals surface area contributed by atoms with Gasteiger partial charge >= 0.3 is 0 Å². The quantitative estimate of drug-likeness (QED) is 0.342. The lowest BCUT2D eigenvalue weighted by Gasteiger charge is -2.26. The van der Waals surface area contributed by atoms with Crippen molar-refractivity contribution in [1.29, 1.82) is 0 Å². The van der Waals surface area contributed by atoms with Crippen molar-refractivity contribution in [1.82, 2.24) is 20.0 Å². The van der Waals surface area contributed by atoms with E-state index in [1.54, 1.807) is 6.07 Å². The number of amides is 1. The third-order valence-corrected chi connectivity index (χ3v) is 6.70. The molecule has 0 radical (unpaired) electrons. The summed E-state index contributed by atoms with van der Waals surface area (Å²) in [6.45, 7) is 14.1. The molecule has 2 heterocycles. The molecule has 1 atom stereocenters. The zero-order chi connectivity index (χ0) is 22.8. The largest absolute Gasteiger partial charge is 0.454 e. The van der Waals surface area contributed by atoms with Gasteiger partial charge in [-0.3, -0.25) is 9.48 Å². The Morgan fingerprint density at radius 3 is 2.35 bits per heavy atom. The molecule has 7 heteroatoms. The van der Waals surface area contributed by atoms with Crippen molar-refractivity contribution in [2.24, 2.45) is 0 Å². The molecule has 174 valence electrons. The van der Waals surface area contributed by atoms with E-state index in [2.05, 4.69) is 52.0 Å². The second-order valence-electron chi connectivity index (χ2n) is 8.50. The molecular weight excluding hydrogens is 456 g/mol. The van der Waals surface area contributed by atoms with Gasteiger partial charge in [0.2, 0.25) is 0 Å². The average Bonchev–Trinajstić information content (AvgIpc) is 3.29. The van der Waals surface area contributed by atoms with Crippen molar-refractivity contribution in [3.05, 3.63) is 39.5 Å². The maximum atomic E-state index is 12.7.